The van der Waals surface area contributed by atoms with Crippen LogP contribution in [0.25, 0.3) is 6.08 Å². The molecule has 1 amide bonds. The van der Waals surface area contributed by atoms with E-state index in [0.29, 0.717) is 17.9 Å². The van der Waals surface area contributed by atoms with E-state index in [0.717, 1.165) is 5.56 Å². The minimum atomic E-state index is -0.516. The summed E-state index contributed by atoms with van der Waals surface area (Å²) in [6.45, 7) is 2.04. The van der Waals surface area contributed by atoms with Gasteiger partial charge in [-0.3, -0.25) is 10.1 Å². The van der Waals surface area contributed by atoms with E-state index in [1.807, 2.05) is 30.3 Å². The number of ether oxygens (including phenoxy) is 1. The van der Waals surface area contributed by atoms with Crippen molar-refractivity contribution in [2.24, 2.45) is 0 Å². The third-order valence-electron chi connectivity index (χ3n) is 2.95. The van der Waals surface area contributed by atoms with Gasteiger partial charge in [0.25, 0.3) is 0 Å². The summed E-state index contributed by atoms with van der Waals surface area (Å²) in [4.78, 5) is 23.6. The van der Waals surface area contributed by atoms with Gasteiger partial charge in [0.2, 0.25) is 0 Å². The highest BCUT2D eigenvalue weighted by Gasteiger charge is 2.05. The molecule has 0 radical (unpaired) electrons. The molecule has 112 valence electrons. The zero-order valence-corrected chi connectivity index (χ0v) is 12.3. The van der Waals surface area contributed by atoms with E-state index in [1.54, 1.807) is 37.3 Å². The number of amides is 1. The predicted molar refractivity (Wildman–Crippen MR) is 86.9 cm³/mol. The van der Waals surface area contributed by atoms with Gasteiger partial charge in [0.05, 0.1) is 12.3 Å². The molecule has 0 spiro atoms. The number of nitrogens with one attached hydrogen (secondary N) is 1. The zero-order valence-electron chi connectivity index (χ0n) is 12.3. The van der Waals surface area contributed by atoms with Crippen LogP contribution in [0.15, 0.2) is 60.7 Å². The standard InChI is InChI=1S/C18H17NO3/c1-2-22-18(21)19-16-11-7-6-8-14(16)12-13-17(20)15-9-4-3-5-10-15/h3-13H,2H2,1H3,(H,19,21). The molecule has 0 saturated carbocycles. The molecule has 4 heteroatoms. The maximum atomic E-state index is 12.1. The Labute approximate surface area is 129 Å². The molecule has 0 fully saturated rings. The largest absolute Gasteiger partial charge is 0.450 e. The molecule has 4 nitrogen and oxygen atoms in total. The van der Waals surface area contributed by atoms with Gasteiger partial charge in [0.15, 0.2) is 5.78 Å². The van der Waals surface area contributed by atoms with Crippen LogP contribution in [0.4, 0.5) is 10.5 Å². The lowest BCUT2D eigenvalue weighted by Crippen LogP contribution is -2.13. The molecule has 0 bridgehead atoms. The summed E-state index contributed by atoms with van der Waals surface area (Å²) in [5, 5.41) is 2.65. The lowest BCUT2D eigenvalue weighted by molar-refractivity contribution is 0.104. The summed E-state index contributed by atoms with van der Waals surface area (Å²) >= 11 is 0. The van der Waals surface area contributed by atoms with Gasteiger partial charge >= 0.3 is 6.09 Å². The number of rotatable bonds is 5. The van der Waals surface area contributed by atoms with Crippen molar-refractivity contribution in [2.45, 2.75) is 6.92 Å². The number of benzene rings is 2. The van der Waals surface area contributed by atoms with Crippen LogP contribution in [0, 0.1) is 0 Å². The lowest BCUT2D eigenvalue weighted by Gasteiger charge is -2.08. The van der Waals surface area contributed by atoms with Crippen molar-refractivity contribution in [3.63, 3.8) is 0 Å². The topological polar surface area (TPSA) is 55.4 Å². The van der Waals surface area contributed by atoms with Gasteiger partial charge < -0.3 is 4.74 Å². The molecule has 0 unspecified atom stereocenters. The molecule has 0 saturated heterocycles. The van der Waals surface area contributed by atoms with Crippen LogP contribution in [-0.4, -0.2) is 18.5 Å². The Balaban J connectivity index is 2.14. The fourth-order valence-corrected chi connectivity index (χ4v) is 1.90. The van der Waals surface area contributed by atoms with Gasteiger partial charge in [0.1, 0.15) is 0 Å². The Morgan fingerprint density at radius 3 is 2.45 bits per heavy atom. The molecule has 0 aromatic heterocycles. The van der Waals surface area contributed by atoms with Crippen LogP contribution < -0.4 is 5.32 Å². The van der Waals surface area contributed by atoms with Crippen LogP contribution in [0.5, 0.6) is 0 Å². The van der Waals surface area contributed by atoms with Crippen molar-refractivity contribution >= 4 is 23.6 Å². The summed E-state index contributed by atoms with van der Waals surface area (Å²) in [5.41, 5.74) is 1.95. The quantitative estimate of drug-likeness (QED) is 0.666. The molecule has 0 aliphatic carbocycles. The van der Waals surface area contributed by atoms with Crippen molar-refractivity contribution < 1.29 is 14.3 Å². The predicted octanol–water partition coefficient (Wildman–Crippen LogP) is 4.15. The molecule has 0 atom stereocenters. The molecule has 0 aliphatic heterocycles. The number of hydrogen-bond acceptors (Lipinski definition) is 3. The van der Waals surface area contributed by atoms with E-state index in [1.165, 1.54) is 6.08 Å². The Morgan fingerprint density at radius 2 is 1.73 bits per heavy atom. The van der Waals surface area contributed by atoms with E-state index >= 15 is 0 Å². The van der Waals surface area contributed by atoms with E-state index in [-0.39, 0.29) is 5.78 Å². The summed E-state index contributed by atoms with van der Waals surface area (Å²) in [6, 6.07) is 16.2. The Kier molecular flexibility index (Phi) is 5.49. The third-order valence-corrected chi connectivity index (χ3v) is 2.95. The molecular formula is C18H17NO3. The molecule has 2 aromatic carbocycles. The highest BCUT2D eigenvalue weighted by atomic mass is 16.5. The monoisotopic (exact) mass is 295 g/mol. The van der Waals surface area contributed by atoms with Crippen LogP contribution >= 0.6 is 0 Å². The fraction of sp³-hybridized carbons (Fsp3) is 0.111. The molecule has 2 aromatic rings. The van der Waals surface area contributed by atoms with Gasteiger partial charge in [-0.1, -0.05) is 48.5 Å². The number of para-hydroxylation sites is 1. The second-order valence-corrected chi connectivity index (χ2v) is 4.50. The summed E-state index contributed by atoms with van der Waals surface area (Å²) in [7, 11) is 0. The highest BCUT2D eigenvalue weighted by Crippen LogP contribution is 2.17. The first kappa shape index (κ1) is 15.5. The summed E-state index contributed by atoms with van der Waals surface area (Å²) in [5.74, 6) is -0.0912. The Bertz CT molecular complexity index is 678. The SMILES string of the molecule is CCOC(=O)Nc1ccccc1C=CC(=O)c1ccccc1. The van der Waals surface area contributed by atoms with Crippen LogP contribution in [0.2, 0.25) is 0 Å². The minimum absolute atomic E-state index is 0.0912. The highest BCUT2D eigenvalue weighted by molar-refractivity contribution is 6.07. The van der Waals surface area contributed by atoms with E-state index in [9.17, 15) is 9.59 Å². The fourth-order valence-electron chi connectivity index (χ4n) is 1.90. The smallest absolute Gasteiger partial charge is 0.411 e. The van der Waals surface area contributed by atoms with Crippen LogP contribution in [0.3, 0.4) is 0 Å². The minimum Gasteiger partial charge on any atom is -0.450 e. The van der Waals surface area contributed by atoms with Crippen LogP contribution in [0.1, 0.15) is 22.8 Å². The van der Waals surface area contributed by atoms with Crippen LogP contribution in [-0.2, 0) is 4.74 Å². The average molecular weight is 295 g/mol. The molecule has 2 rings (SSSR count). The van der Waals surface area contributed by atoms with E-state index < -0.39 is 6.09 Å². The molecule has 0 aliphatic rings. The van der Waals surface area contributed by atoms with Crippen molar-refractivity contribution in [2.75, 3.05) is 11.9 Å². The zero-order chi connectivity index (χ0) is 15.8. The molecule has 1 N–H and O–H groups in total. The number of carbonyl (C=O) groups is 2. The van der Waals surface area contributed by atoms with Crippen molar-refractivity contribution in [1.29, 1.82) is 0 Å². The third kappa shape index (κ3) is 4.31. The van der Waals surface area contributed by atoms with E-state index in [2.05, 4.69) is 5.32 Å². The maximum absolute atomic E-state index is 12.1. The summed E-state index contributed by atoms with van der Waals surface area (Å²) in [6.07, 6.45) is 2.65. The first-order valence-electron chi connectivity index (χ1n) is 7.01. The lowest BCUT2D eigenvalue weighted by atomic mass is 10.1. The van der Waals surface area contributed by atoms with Gasteiger partial charge in [-0.05, 0) is 30.7 Å². The summed E-state index contributed by atoms with van der Waals surface area (Å²) < 4.78 is 4.85. The van der Waals surface area contributed by atoms with Gasteiger partial charge in [0, 0.05) is 5.56 Å². The molecular weight excluding hydrogens is 278 g/mol. The number of ketones is 1. The second-order valence-electron chi connectivity index (χ2n) is 4.50. The van der Waals surface area contributed by atoms with Crippen molar-refractivity contribution in [3.05, 3.63) is 71.8 Å². The number of anilines is 1. The van der Waals surface area contributed by atoms with Gasteiger partial charge in [-0.15, -0.1) is 0 Å². The molecule has 22 heavy (non-hydrogen) atoms. The number of carbonyl (C=O) groups excluding carboxylic acids is 2. The van der Waals surface area contributed by atoms with Gasteiger partial charge in [-0.2, -0.15) is 0 Å². The number of allylic oxidation sites excluding steroid dienone is 1. The van der Waals surface area contributed by atoms with Crippen molar-refractivity contribution in [3.8, 4) is 0 Å². The first-order valence-corrected chi connectivity index (χ1v) is 7.01. The average Bonchev–Trinajstić information content (AvgIpc) is 2.55. The normalized spacial score (nSPS) is 10.4. The van der Waals surface area contributed by atoms with E-state index in [4.69, 9.17) is 4.74 Å². The maximum Gasteiger partial charge on any atom is 0.411 e. The first-order chi connectivity index (χ1) is 10.7. The van der Waals surface area contributed by atoms with Gasteiger partial charge in [-0.25, -0.2) is 4.79 Å². The Hall–Kier alpha value is -2.88. The van der Waals surface area contributed by atoms with Crippen molar-refractivity contribution in [1.82, 2.24) is 0 Å². The number of hydrogen-bond donors (Lipinski definition) is 1. The molecule has 0 heterocycles. The second kappa shape index (κ2) is 7.78. The Morgan fingerprint density at radius 1 is 1.05 bits per heavy atom.